The van der Waals surface area contributed by atoms with E-state index >= 15 is 0 Å². The molecule has 2 N–H and O–H groups in total. The maximum Gasteiger partial charge on any atom is 0.217 e. The zero-order valence-corrected chi connectivity index (χ0v) is 30.4. The summed E-state index contributed by atoms with van der Waals surface area (Å²) >= 11 is 0. The van der Waals surface area contributed by atoms with Gasteiger partial charge in [-0.3, -0.25) is 0 Å². The average molecular weight is 760 g/mol. The lowest BCUT2D eigenvalue weighted by Crippen LogP contribution is -2.15. The molecule has 0 aliphatic heterocycles. The lowest BCUT2D eigenvalue weighted by Gasteiger charge is -2.18. The summed E-state index contributed by atoms with van der Waals surface area (Å²) in [5, 5.41) is 58.7. The molecule has 0 spiro atoms. The molecule has 1 heterocycles. The van der Waals surface area contributed by atoms with E-state index in [1.165, 1.54) is 24.3 Å². The number of nitriles is 4. The van der Waals surface area contributed by atoms with Gasteiger partial charge in [-0.1, -0.05) is 30.4 Å². The first kappa shape index (κ1) is 37.5. The van der Waals surface area contributed by atoms with Crippen molar-refractivity contribution in [1.29, 1.82) is 21.0 Å². The largest absolute Gasteiger partial charge is 0.507 e. The lowest BCUT2D eigenvalue weighted by molar-refractivity contribution is 0.258. The van der Waals surface area contributed by atoms with E-state index in [0.717, 1.165) is 0 Å². The maximum atomic E-state index is 11.0. The third-order valence-corrected chi connectivity index (χ3v) is 8.81. The Hall–Kier alpha value is -8.77. The quantitative estimate of drug-likeness (QED) is 0.129. The van der Waals surface area contributed by atoms with Crippen LogP contribution in [0.3, 0.4) is 0 Å². The topological polar surface area (TPSA) is 185 Å². The Morgan fingerprint density at radius 1 is 0.466 bits per heavy atom. The number of allylic oxidation sites excluding steroid dienone is 6. The summed E-state index contributed by atoms with van der Waals surface area (Å²) in [6.45, 7) is 0. The van der Waals surface area contributed by atoms with Crippen LogP contribution in [0.2, 0.25) is 0 Å². The number of aliphatic hydroxyl groups excluding tert-OH is 2. The van der Waals surface area contributed by atoms with E-state index in [1.807, 2.05) is 24.3 Å². The first-order valence-electron chi connectivity index (χ1n) is 17.7. The third-order valence-electron chi connectivity index (χ3n) is 8.81. The van der Waals surface area contributed by atoms with E-state index in [-0.39, 0.29) is 33.8 Å². The highest BCUT2D eigenvalue weighted by molar-refractivity contribution is 5.70. The molecule has 5 aromatic rings. The van der Waals surface area contributed by atoms with Crippen LogP contribution >= 0.6 is 0 Å². The average Bonchev–Trinajstić information content (AvgIpc) is 3.27. The minimum Gasteiger partial charge on any atom is -0.507 e. The minimum atomic E-state index is -0.445. The standard InChI is InChI=1S/C47H29N5O6/c48-26-34-12-22-42(24-36(34)28-50)55-38-14-4-30(5-15-38)46(53)32-8-18-40(19-9-32)57-44-2-1-3-45(52-44)58-41-20-10-33(11-21-41)47(54)31-6-16-39(17-7-31)56-43-23-13-35(27-49)37(25-43)29-51/h1-25,40-41,53-54H. The van der Waals surface area contributed by atoms with Crippen LogP contribution < -0.4 is 18.9 Å². The van der Waals surface area contributed by atoms with Crippen LogP contribution in [0.1, 0.15) is 33.4 Å². The Kier molecular flexibility index (Phi) is 11.1. The summed E-state index contributed by atoms with van der Waals surface area (Å²) in [7, 11) is 0. The van der Waals surface area contributed by atoms with E-state index in [2.05, 4.69) is 4.98 Å². The van der Waals surface area contributed by atoms with Crippen molar-refractivity contribution in [1.82, 2.24) is 4.98 Å². The fourth-order valence-electron chi connectivity index (χ4n) is 5.83. The predicted octanol–water partition coefficient (Wildman–Crippen LogP) is 9.84. The van der Waals surface area contributed by atoms with Gasteiger partial charge in [0.25, 0.3) is 0 Å². The molecule has 11 heteroatoms. The first-order chi connectivity index (χ1) is 28.3. The van der Waals surface area contributed by atoms with Crippen LogP contribution in [-0.4, -0.2) is 27.4 Å². The number of nitrogens with zero attached hydrogens (tertiary/aromatic N) is 5. The number of rotatable bonds is 10. The van der Waals surface area contributed by atoms with Crippen LogP contribution in [0.25, 0.3) is 11.5 Å². The predicted molar refractivity (Wildman–Crippen MR) is 214 cm³/mol. The van der Waals surface area contributed by atoms with Crippen molar-refractivity contribution >= 4 is 11.5 Å². The Morgan fingerprint density at radius 3 is 1.19 bits per heavy atom. The normalized spacial score (nSPS) is 15.0. The maximum absolute atomic E-state index is 11.0. The molecule has 4 aromatic carbocycles. The zero-order valence-electron chi connectivity index (χ0n) is 30.4. The van der Waals surface area contributed by atoms with Gasteiger partial charge in [0.15, 0.2) is 0 Å². The van der Waals surface area contributed by atoms with Gasteiger partial charge < -0.3 is 29.2 Å². The van der Waals surface area contributed by atoms with Gasteiger partial charge in [0.05, 0.1) is 22.3 Å². The molecule has 0 radical (unpaired) electrons. The molecule has 7 rings (SSSR count). The monoisotopic (exact) mass is 759 g/mol. The van der Waals surface area contributed by atoms with Crippen molar-refractivity contribution in [3.05, 3.63) is 196 Å². The van der Waals surface area contributed by atoms with E-state index in [9.17, 15) is 20.7 Å². The molecule has 0 atom stereocenters. The highest BCUT2D eigenvalue weighted by atomic mass is 16.5. The molecule has 0 fully saturated rings. The van der Waals surface area contributed by atoms with Gasteiger partial charge in [0.1, 0.15) is 71.0 Å². The third kappa shape index (κ3) is 8.78. The number of hydrogen-bond acceptors (Lipinski definition) is 11. The van der Waals surface area contributed by atoms with Crippen LogP contribution in [0.4, 0.5) is 0 Å². The highest BCUT2D eigenvalue weighted by Gasteiger charge is 2.15. The van der Waals surface area contributed by atoms with Crippen LogP contribution in [0.15, 0.2) is 163 Å². The second kappa shape index (κ2) is 17.1. The highest BCUT2D eigenvalue weighted by Crippen LogP contribution is 2.30. The SMILES string of the molecule is N#Cc1ccc(Oc2ccc(C(O)=C3C=CC(Oc4cccc(OC5C=CC(=C(O)c6ccc(Oc7ccc(C#N)c(C#N)c7)cc6)C=C5)n4)C=C3)cc2)cc1C#N. The lowest BCUT2D eigenvalue weighted by atomic mass is 10.0. The second-order valence-electron chi connectivity index (χ2n) is 12.6. The van der Waals surface area contributed by atoms with E-state index in [1.54, 1.807) is 127 Å². The minimum absolute atomic E-state index is 0.0660. The van der Waals surface area contributed by atoms with Gasteiger partial charge in [0, 0.05) is 34.4 Å². The fourth-order valence-corrected chi connectivity index (χ4v) is 5.83. The molecule has 1 aromatic heterocycles. The fraction of sp³-hybridized carbons (Fsp3) is 0.0426. The number of pyridine rings is 1. The summed E-state index contributed by atoms with van der Waals surface area (Å²) in [5.74, 6) is 2.65. The van der Waals surface area contributed by atoms with Gasteiger partial charge in [-0.25, -0.2) is 0 Å². The van der Waals surface area contributed by atoms with Gasteiger partial charge in [-0.05, 0) is 109 Å². The Labute approximate surface area is 333 Å². The summed E-state index contributed by atoms with van der Waals surface area (Å²) < 4.78 is 23.7. The molecule has 2 aliphatic rings. The number of ether oxygens (including phenoxy) is 4. The molecule has 278 valence electrons. The number of hydrogen-bond donors (Lipinski definition) is 2. The van der Waals surface area contributed by atoms with Crippen molar-refractivity contribution in [3.8, 4) is 59.0 Å². The molecule has 0 unspecified atom stereocenters. The summed E-state index contributed by atoms with van der Waals surface area (Å²) in [6, 6.07) is 36.1. The zero-order chi connectivity index (χ0) is 40.4. The number of aromatic nitrogens is 1. The first-order valence-corrected chi connectivity index (χ1v) is 17.7. The van der Waals surface area contributed by atoms with Gasteiger partial charge in [0.2, 0.25) is 11.8 Å². The number of aliphatic hydroxyl groups is 2. The van der Waals surface area contributed by atoms with Crippen molar-refractivity contribution < 1.29 is 29.2 Å². The van der Waals surface area contributed by atoms with E-state index in [0.29, 0.717) is 57.0 Å². The van der Waals surface area contributed by atoms with Gasteiger partial charge >= 0.3 is 0 Å². The molecule has 2 aliphatic carbocycles. The molecule has 0 saturated carbocycles. The van der Waals surface area contributed by atoms with E-state index < -0.39 is 12.2 Å². The van der Waals surface area contributed by atoms with Gasteiger partial charge in [-0.15, -0.1) is 0 Å². The molecule has 11 nitrogen and oxygen atoms in total. The van der Waals surface area contributed by atoms with Crippen LogP contribution in [-0.2, 0) is 0 Å². The van der Waals surface area contributed by atoms with Crippen molar-refractivity contribution in [2.75, 3.05) is 0 Å². The molecular formula is C47H29N5O6. The van der Waals surface area contributed by atoms with Crippen LogP contribution in [0.5, 0.6) is 34.8 Å². The Balaban J connectivity index is 0.919. The molecule has 0 bridgehead atoms. The Morgan fingerprint density at radius 2 is 0.828 bits per heavy atom. The second-order valence-corrected chi connectivity index (χ2v) is 12.6. The number of benzene rings is 4. The molecule has 0 saturated heterocycles. The van der Waals surface area contributed by atoms with Gasteiger partial charge in [-0.2, -0.15) is 26.0 Å². The van der Waals surface area contributed by atoms with Crippen molar-refractivity contribution in [2.45, 2.75) is 12.2 Å². The smallest absolute Gasteiger partial charge is 0.217 e. The summed E-state index contributed by atoms with van der Waals surface area (Å²) in [4.78, 5) is 4.49. The molecule has 0 amide bonds. The molecule has 58 heavy (non-hydrogen) atoms. The van der Waals surface area contributed by atoms with Crippen molar-refractivity contribution in [2.24, 2.45) is 0 Å². The summed E-state index contributed by atoms with van der Waals surface area (Å²) in [5.41, 5.74) is 3.31. The molecular weight excluding hydrogens is 731 g/mol. The van der Waals surface area contributed by atoms with Crippen LogP contribution in [0, 0.1) is 45.3 Å². The Bertz CT molecular complexity index is 2530. The van der Waals surface area contributed by atoms with Crippen molar-refractivity contribution in [3.63, 3.8) is 0 Å². The van der Waals surface area contributed by atoms with E-state index in [4.69, 9.17) is 29.5 Å². The summed E-state index contributed by atoms with van der Waals surface area (Å²) in [6.07, 6.45) is 13.3.